The molecule has 2 aromatic carbocycles. The predicted molar refractivity (Wildman–Crippen MR) is 130 cm³/mol. The van der Waals surface area contributed by atoms with Crippen molar-refractivity contribution < 1.29 is 4.79 Å². The smallest absolute Gasteiger partial charge is 0.261 e. The van der Waals surface area contributed by atoms with E-state index in [0.717, 1.165) is 48.0 Å². The summed E-state index contributed by atoms with van der Waals surface area (Å²) in [7, 11) is 1.95. The van der Waals surface area contributed by atoms with Gasteiger partial charge in [-0.2, -0.15) is 0 Å². The summed E-state index contributed by atoms with van der Waals surface area (Å²) in [6.07, 6.45) is 8.81. The van der Waals surface area contributed by atoms with Gasteiger partial charge in [0, 0.05) is 48.6 Å². The van der Waals surface area contributed by atoms with Crippen LogP contribution in [-0.4, -0.2) is 25.0 Å². The molecule has 7 nitrogen and oxygen atoms in total. The zero-order chi connectivity index (χ0) is 22.8. The normalized spacial score (nSPS) is 13.8. The van der Waals surface area contributed by atoms with Crippen molar-refractivity contribution in [2.24, 2.45) is 7.05 Å². The van der Waals surface area contributed by atoms with Gasteiger partial charge < -0.3 is 9.88 Å². The lowest BCUT2D eigenvalue weighted by Crippen LogP contribution is -2.26. The molecule has 0 aliphatic carbocycles. The fourth-order valence-electron chi connectivity index (χ4n) is 4.10. The Labute approximate surface area is 195 Å². The SMILES string of the molecule is Cn1ccnc1Sc1ccc(NC(=O)c2ccc3c(=O)n4c(nc3c2)CCCCCC4)cc1. The first-order chi connectivity index (χ1) is 16.1. The lowest BCUT2D eigenvalue weighted by molar-refractivity contribution is 0.102. The average Bonchev–Trinajstić information content (AvgIpc) is 3.20. The van der Waals surface area contributed by atoms with E-state index in [1.54, 1.807) is 36.2 Å². The van der Waals surface area contributed by atoms with Crippen molar-refractivity contribution in [3.8, 4) is 0 Å². The van der Waals surface area contributed by atoms with Gasteiger partial charge in [0.15, 0.2) is 5.16 Å². The Morgan fingerprint density at radius 1 is 1.06 bits per heavy atom. The summed E-state index contributed by atoms with van der Waals surface area (Å²) in [4.78, 5) is 36.0. The second-order valence-corrected chi connectivity index (χ2v) is 9.32. The van der Waals surface area contributed by atoms with Crippen LogP contribution < -0.4 is 10.9 Å². The second-order valence-electron chi connectivity index (χ2n) is 8.28. The topological polar surface area (TPSA) is 81.8 Å². The fraction of sp³-hybridized carbons (Fsp3) is 0.280. The van der Waals surface area contributed by atoms with Crippen molar-refractivity contribution in [3.05, 3.63) is 76.6 Å². The molecule has 0 radical (unpaired) electrons. The van der Waals surface area contributed by atoms with Gasteiger partial charge >= 0.3 is 0 Å². The number of aromatic nitrogens is 4. The molecule has 0 saturated carbocycles. The predicted octanol–water partition coefficient (Wildman–Crippen LogP) is 4.65. The Morgan fingerprint density at radius 3 is 2.67 bits per heavy atom. The molecule has 2 aromatic heterocycles. The Kier molecular flexibility index (Phi) is 6.00. The Bertz CT molecular complexity index is 1370. The van der Waals surface area contributed by atoms with Gasteiger partial charge in [0.1, 0.15) is 5.82 Å². The molecule has 0 bridgehead atoms. The van der Waals surface area contributed by atoms with E-state index in [1.165, 1.54) is 0 Å². The molecular weight excluding hydrogens is 434 g/mol. The number of nitrogens with zero attached hydrogens (tertiary/aromatic N) is 4. The van der Waals surface area contributed by atoms with Crippen LogP contribution in [0.25, 0.3) is 10.9 Å². The van der Waals surface area contributed by atoms with Gasteiger partial charge in [0.05, 0.1) is 10.9 Å². The standard InChI is InChI=1S/C25H25N5O2S/c1-29-15-13-26-25(29)33-19-10-8-18(9-11-19)27-23(31)17-7-12-20-21(16-17)28-22-6-4-2-3-5-14-30(22)24(20)32/h7-13,15-16H,2-6,14H2,1H3,(H,27,31). The van der Waals surface area contributed by atoms with Crippen LogP contribution in [-0.2, 0) is 20.0 Å². The number of amides is 1. The van der Waals surface area contributed by atoms with E-state index in [9.17, 15) is 9.59 Å². The number of carbonyl (C=O) groups is 1. The molecule has 8 heteroatoms. The Balaban J connectivity index is 1.35. The minimum Gasteiger partial charge on any atom is -0.329 e. The number of fused-ring (bicyclic) bond motifs is 2. The van der Waals surface area contributed by atoms with Gasteiger partial charge in [-0.1, -0.05) is 24.6 Å². The molecule has 33 heavy (non-hydrogen) atoms. The molecule has 3 heterocycles. The molecule has 0 spiro atoms. The highest BCUT2D eigenvalue weighted by molar-refractivity contribution is 7.99. The minimum absolute atomic E-state index is 0.00957. The van der Waals surface area contributed by atoms with E-state index in [0.29, 0.717) is 28.7 Å². The largest absolute Gasteiger partial charge is 0.329 e. The molecule has 1 amide bonds. The summed E-state index contributed by atoms with van der Waals surface area (Å²) in [5, 5.41) is 4.40. The molecule has 1 aliphatic heterocycles. The van der Waals surface area contributed by atoms with Gasteiger partial charge in [-0.05, 0) is 55.3 Å². The van der Waals surface area contributed by atoms with E-state index < -0.39 is 0 Å². The zero-order valence-corrected chi connectivity index (χ0v) is 19.3. The fourth-order valence-corrected chi connectivity index (χ4v) is 4.90. The van der Waals surface area contributed by atoms with Crippen LogP contribution in [0, 0.1) is 0 Å². The summed E-state index contributed by atoms with van der Waals surface area (Å²) in [6, 6.07) is 12.8. The van der Waals surface area contributed by atoms with Crippen LogP contribution in [0.2, 0.25) is 0 Å². The van der Waals surface area contributed by atoms with Crippen LogP contribution in [0.4, 0.5) is 5.69 Å². The number of imidazole rings is 1. The zero-order valence-electron chi connectivity index (χ0n) is 18.5. The van der Waals surface area contributed by atoms with Crippen LogP contribution in [0.5, 0.6) is 0 Å². The molecule has 4 aromatic rings. The van der Waals surface area contributed by atoms with Crippen molar-refractivity contribution in [2.45, 2.75) is 48.7 Å². The van der Waals surface area contributed by atoms with Crippen LogP contribution in [0.3, 0.4) is 0 Å². The number of hydrogen-bond acceptors (Lipinski definition) is 5. The number of aryl methyl sites for hydroxylation is 2. The monoisotopic (exact) mass is 459 g/mol. The second kappa shape index (κ2) is 9.23. The lowest BCUT2D eigenvalue weighted by atomic mass is 10.1. The maximum Gasteiger partial charge on any atom is 0.261 e. The molecule has 0 atom stereocenters. The number of rotatable bonds is 4. The van der Waals surface area contributed by atoms with Crippen molar-refractivity contribution >= 4 is 34.3 Å². The first kappa shape index (κ1) is 21.5. The van der Waals surface area contributed by atoms with Crippen LogP contribution in [0.15, 0.2) is 69.7 Å². The summed E-state index contributed by atoms with van der Waals surface area (Å²) in [6.45, 7) is 0.716. The van der Waals surface area contributed by atoms with Crippen molar-refractivity contribution in [2.75, 3.05) is 5.32 Å². The van der Waals surface area contributed by atoms with Crippen molar-refractivity contribution in [3.63, 3.8) is 0 Å². The van der Waals surface area contributed by atoms with E-state index in [4.69, 9.17) is 4.98 Å². The molecule has 1 aliphatic rings. The highest BCUT2D eigenvalue weighted by atomic mass is 32.2. The van der Waals surface area contributed by atoms with Crippen molar-refractivity contribution in [1.82, 2.24) is 19.1 Å². The number of nitrogens with one attached hydrogen (secondary N) is 1. The van der Waals surface area contributed by atoms with Gasteiger partial charge in [0.2, 0.25) is 0 Å². The van der Waals surface area contributed by atoms with Crippen LogP contribution in [0.1, 0.15) is 41.9 Å². The Morgan fingerprint density at radius 2 is 1.88 bits per heavy atom. The summed E-state index contributed by atoms with van der Waals surface area (Å²) >= 11 is 1.56. The van der Waals surface area contributed by atoms with E-state index in [-0.39, 0.29) is 11.5 Å². The van der Waals surface area contributed by atoms with Gasteiger partial charge in [0.25, 0.3) is 11.5 Å². The third kappa shape index (κ3) is 4.57. The first-order valence-corrected chi connectivity index (χ1v) is 12.0. The van der Waals surface area contributed by atoms with Gasteiger partial charge in [-0.3, -0.25) is 14.2 Å². The average molecular weight is 460 g/mol. The summed E-state index contributed by atoms with van der Waals surface area (Å²) in [5.41, 5.74) is 1.76. The van der Waals surface area contributed by atoms with E-state index in [2.05, 4.69) is 10.3 Å². The lowest BCUT2D eigenvalue weighted by Gasteiger charge is -2.16. The minimum atomic E-state index is -0.227. The number of anilines is 1. The summed E-state index contributed by atoms with van der Waals surface area (Å²) < 4.78 is 3.77. The highest BCUT2D eigenvalue weighted by Crippen LogP contribution is 2.27. The molecule has 0 saturated heterocycles. The van der Waals surface area contributed by atoms with Crippen molar-refractivity contribution in [1.29, 1.82) is 0 Å². The molecule has 5 rings (SSSR count). The molecule has 0 fully saturated rings. The number of carbonyl (C=O) groups excluding carboxylic acids is 1. The number of benzene rings is 2. The third-order valence-corrected chi connectivity index (χ3v) is 7.01. The summed E-state index contributed by atoms with van der Waals surface area (Å²) in [5.74, 6) is 0.598. The molecule has 1 N–H and O–H groups in total. The molecule has 168 valence electrons. The maximum atomic E-state index is 13.0. The third-order valence-electron chi connectivity index (χ3n) is 5.93. The van der Waals surface area contributed by atoms with Gasteiger partial charge in [-0.15, -0.1) is 0 Å². The van der Waals surface area contributed by atoms with Crippen LogP contribution >= 0.6 is 11.8 Å². The van der Waals surface area contributed by atoms with Gasteiger partial charge in [-0.25, -0.2) is 9.97 Å². The molecule has 0 unspecified atom stereocenters. The van der Waals surface area contributed by atoms with E-state index in [1.807, 2.05) is 46.6 Å². The highest BCUT2D eigenvalue weighted by Gasteiger charge is 2.15. The first-order valence-electron chi connectivity index (χ1n) is 11.2. The van der Waals surface area contributed by atoms with E-state index >= 15 is 0 Å². The molecular formula is C25H25N5O2S. The Hall–Kier alpha value is -3.39. The maximum absolute atomic E-state index is 13.0. The number of hydrogen-bond donors (Lipinski definition) is 1. The quantitative estimate of drug-likeness (QED) is 0.480.